The number of hydrogen-bond donors (Lipinski definition) is 2. The molecule has 1 aliphatic heterocycles. The van der Waals surface area contributed by atoms with Crippen LogP contribution in [0.2, 0.25) is 0 Å². The summed E-state index contributed by atoms with van der Waals surface area (Å²) in [5, 5.41) is 19.5. The predicted molar refractivity (Wildman–Crippen MR) is 66.5 cm³/mol. The lowest BCUT2D eigenvalue weighted by atomic mass is 9.75. The van der Waals surface area contributed by atoms with Gasteiger partial charge in [-0.15, -0.1) is 0 Å². The van der Waals surface area contributed by atoms with Crippen molar-refractivity contribution in [3.8, 4) is 0 Å². The molecule has 2 rings (SSSR count). The maximum absolute atomic E-state index is 12.0. The smallest absolute Gasteiger partial charge is 0.319 e. The van der Waals surface area contributed by atoms with Crippen molar-refractivity contribution in [2.45, 2.75) is 18.9 Å². The highest BCUT2D eigenvalue weighted by atomic mass is 16.5. The fraction of sp³-hybridized carbons (Fsp3) is 0.429. The van der Waals surface area contributed by atoms with Crippen molar-refractivity contribution >= 4 is 11.8 Å². The van der Waals surface area contributed by atoms with Gasteiger partial charge >= 0.3 is 5.97 Å². The van der Waals surface area contributed by atoms with Crippen LogP contribution in [-0.4, -0.2) is 35.2 Å². The Morgan fingerprint density at radius 1 is 1.37 bits per heavy atom. The van der Waals surface area contributed by atoms with E-state index >= 15 is 0 Å². The van der Waals surface area contributed by atoms with E-state index in [4.69, 9.17) is 4.74 Å². The molecule has 0 radical (unpaired) electrons. The quantitative estimate of drug-likeness (QED) is 0.797. The molecule has 2 unspecified atom stereocenters. The lowest BCUT2D eigenvalue weighted by molar-refractivity contribution is -0.167. The predicted octanol–water partition coefficient (Wildman–Crippen LogP) is 1.17. The number of benzene rings is 1. The van der Waals surface area contributed by atoms with E-state index in [-0.39, 0.29) is 31.8 Å². The van der Waals surface area contributed by atoms with Crippen LogP contribution >= 0.6 is 0 Å². The van der Waals surface area contributed by atoms with Gasteiger partial charge in [0.25, 0.3) is 0 Å². The summed E-state index contributed by atoms with van der Waals surface area (Å²) < 4.78 is 5.14. The molecule has 1 aromatic rings. The molecule has 1 heterocycles. The van der Waals surface area contributed by atoms with Gasteiger partial charge in [-0.25, -0.2) is 0 Å². The van der Waals surface area contributed by atoms with Gasteiger partial charge in [-0.1, -0.05) is 30.3 Å². The van der Waals surface area contributed by atoms with Crippen molar-refractivity contribution in [1.82, 2.24) is 0 Å². The number of ketones is 1. The number of carboxylic acids is 1. The Bertz CT molecular complexity index is 470. The summed E-state index contributed by atoms with van der Waals surface area (Å²) in [7, 11) is 0. The molecule has 0 bridgehead atoms. The molecular formula is C14H16O5. The van der Waals surface area contributed by atoms with Crippen LogP contribution in [-0.2, 0) is 14.3 Å². The van der Waals surface area contributed by atoms with E-state index in [0.29, 0.717) is 5.56 Å². The number of aliphatic carboxylic acids is 1. The van der Waals surface area contributed by atoms with E-state index in [2.05, 4.69) is 0 Å². The van der Waals surface area contributed by atoms with Crippen LogP contribution < -0.4 is 0 Å². The second kappa shape index (κ2) is 5.50. The van der Waals surface area contributed by atoms with Gasteiger partial charge in [0.1, 0.15) is 0 Å². The molecule has 0 spiro atoms. The summed E-state index contributed by atoms with van der Waals surface area (Å²) in [5.74, 6) is -1.60. The molecule has 1 fully saturated rings. The SMILES string of the molecule is O=C(O)C1(CC(O)c2ccccc2)COCCC1=O. The number of carbonyl (C=O) groups excluding carboxylic acids is 1. The molecular weight excluding hydrogens is 248 g/mol. The van der Waals surface area contributed by atoms with Crippen LogP contribution in [0.4, 0.5) is 0 Å². The summed E-state index contributed by atoms with van der Waals surface area (Å²) in [6, 6.07) is 8.72. The monoisotopic (exact) mass is 264 g/mol. The Morgan fingerprint density at radius 2 is 2.05 bits per heavy atom. The van der Waals surface area contributed by atoms with Crippen LogP contribution in [0.1, 0.15) is 24.5 Å². The first-order chi connectivity index (χ1) is 9.06. The van der Waals surface area contributed by atoms with Crippen molar-refractivity contribution in [3.63, 3.8) is 0 Å². The number of carbonyl (C=O) groups is 2. The van der Waals surface area contributed by atoms with Gasteiger partial charge in [-0.05, 0) is 5.56 Å². The molecule has 1 aromatic carbocycles. The third kappa shape index (κ3) is 2.67. The zero-order chi connectivity index (χ0) is 13.9. The number of carboxylic acid groups (broad SMARTS) is 1. The first-order valence-electron chi connectivity index (χ1n) is 6.14. The average Bonchev–Trinajstić information content (AvgIpc) is 2.42. The van der Waals surface area contributed by atoms with Crippen LogP contribution in [0, 0.1) is 5.41 Å². The van der Waals surface area contributed by atoms with Gasteiger partial charge in [0, 0.05) is 12.8 Å². The summed E-state index contributed by atoms with van der Waals surface area (Å²) in [4.78, 5) is 23.4. The summed E-state index contributed by atoms with van der Waals surface area (Å²) >= 11 is 0. The molecule has 5 nitrogen and oxygen atoms in total. The molecule has 0 saturated carbocycles. The van der Waals surface area contributed by atoms with Crippen LogP contribution in [0.5, 0.6) is 0 Å². The van der Waals surface area contributed by atoms with Crippen LogP contribution in [0.25, 0.3) is 0 Å². The van der Waals surface area contributed by atoms with Gasteiger partial charge in [0.2, 0.25) is 0 Å². The molecule has 1 aliphatic rings. The minimum absolute atomic E-state index is 0.0772. The largest absolute Gasteiger partial charge is 0.480 e. The molecule has 0 aliphatic carbocycles. The molecule has 5 heteroatoms. The van der Waals surface area contributed by atoms with Gasteiger partial charge in [-0.3, -0.25) is 9.59 Å². The van der Waals surface area contributed by atoms with E-state index < -0.39 is 17.5 Å². The zero-order valence-electron chi connectivity index (χ0n) is 10.4. The third-order valence-electron chi connectivity index (χ3n) is 3.49. The third-order valence-corrected chi connectivity index (χ3v) is 3.49. The van der Waals surface area contributed by atoms with E-state index in [1.54, 1.807) is 30.3 Å². The molecule has 19 heavy (non-hydrogen) atoms. The topological polar surface area (TPSA) is 83.8 Å². The Labute approximate surface area is 110 Å². The zero-order valence-corrected chi connectivity index (χ0v) is 10.4. The highest BCUT2D eigenvalue weighted by molar-refractivity contribution is 6.03. The number of Topliss-reactive ketones (excluding diaryl/α,β-unsaturated/α-hetero) is 1. The average molecular weight is 264 g/mol. The number of aliphatic hydroxyl groups excluding tert-OH is 1. The number of hydrogen-bond acceptors (Lipinski definition) is 4. The minimum Gasteiger partial charge on any atom is -0.480 e. The normalized spacial score (nSPS) is 25.0. The van der Waals surface area contributed by atoms with Crippen molar-refractivity contribution in [2.24, 2.45) is 5.41 Å². The van der Waals surface area contributed by atoms with Crippen molar-refractivity contribution in [1.29, 1.82) is 0 Å². The molecule has 0 amide bonds. The fourth-order valence-corrected chi connectivity index (χ4v) is 2.30. The Balaban J connectivity index is 2.22. The second-order valence-electron chi connectivity index (χ2n) is 4.74. The van der Waals surface area contributed by atoms with Gasteiger partial charge < -0.3 is 14.9 Å². The van der Waals surface area contributed by atoms with E-state index in [1.807, 2.05) is 0 Å². The molecule has 1 saturated heterocycles. The highest BCUT2D eigenvalue weighted by Crippen LogP contribution is 2.35. The number of aliphatic hydroxyl groups is 1. The summed E-state index contributed by atoms with van der Waals surface area (Å²) in [6.07, 6.45) is -1.08. The van der Waals surface area contributed by atoms with E-state index in [0.717, 1.165) is 0 Å². The first kappa shape index (κ1) is 13.7. The number of ether oxygens (including phenoxy) is 1. The Kier molecular flexibility index (Phi) is 3.97. The molecule has 102 valence electrons. The summed E-state index contributed by atoms with van der Waals surface area (Å²) in [5.41, 5.74) is -1.03. The highest BCUT2D eigenvalue weighted by Gasteiger charge is 2.49. The van der Waals surface area contributed by atoms with Crippen LogP contribution in [0.3, 0.4) is 0 Å². The molecule has 2 atom stereocenters. The van der Waals surface area contributed by atoms with Gasteiger partial charge in [0.15, 0.2) is 11.2 Å². The maximum Gasteiger partial charge on any atom is 0.319 e. The van der Waals surface area contributed by atoms with E-state index in [9.17, 15) is 19.8 Å². The van der Waals surface area contributed by atoms with Crippen LogP contribution in [0.15, 0.2) is 30.3 Å². The first-order valence-corrected chi connectivity index (χ1v) is 6.14. The molecule has 0 aromatic heterocycles. The van der Waals surface area contributed by atoms with Crippen molar-refractivity contribution < 1.29 is 24.5 Å². The van der Waals surface area contributed by atoms with Crippen molar-refractivity contribution in [2.75, 3.05) is 13.2 Å². The Hall–Kier alpha value is -1.72. The van der Waals surface area contributed by atoms with Crippen molar-refractivity contribution in [3.05, 3.63) is 35.9 Å². The maximum atomic E-state index is 12.0. The standard InChI is InChI=1S/C14H16O5/c15-11(10-4-2-1-3-5-10)8-14(13(17)18)9-19-7-6-12(14)16/h1-5,11,15H,6-9H2,(H,17,18). The number of rotatable bonds is 4. The molecule has 2 N–H and O–H groups in total. The lowest BCUT2D eigenvalue weighted by Crippen LogP contribution is -2.48. The second-order valence-corrected chi connectivity index (χ2v) is 4.74. The lowest BCUT2D eigenvalue weighted by Gasteiger charge is -2.33. The summed E-state index contributed by atoms with van der Waals surface area (Å²) in [6.45, 7) is 0.0698. The minimum atomic E-state index is -1.63. The van der Waals surface area contributed by atoms with Gasteiger partial charge in [0.05, 0.1) is 19.3 Å². The van der Waals surface area contributed by atoms with E-state index in [1.165, 1.54) is 0 Å². The van der Waals surface area contributed by atoms with Gasteiger partial charge in [-0.2, -0.15) is 0 Å². The fourth-order valence-electron chi connectivity index (χ4n) is 2.30. The Morgan fingerprint density at radius 3 is 2.63 bits per heavy atom.